The van der Waals surface area contributed by atoms with Crippen LogP contribution in [0, 0.1) is 18.3 Å². The summed E-state index contributed by atoms with van der Waals surface area (Å²) in [7, 11) is 0. The number of pyridine rings is 1. The van der Waals surface area contributed by atoms with Crippen molar-refractivity contribution >= 4 is 17.2 Å². The van der Waals surface area contributed by atoms with Crippen LogP contribution in [0.3, 0.4) is 0 Å². The third-order valence-corrected chi connectivity index (χ3v) is 5.92. The Morgan fingerprint density at radius 1 is 1.41 bits per heavy atom. The molecule has 2 N–H and O–H groups in total. The van der Waals surface area contributed by atoms with Crippen LogP contribution in [0.15, 0.2) is 28.9 Å². The molecular weight excluding hydrogens is 370 g/mol. The van der Waals surface area contributed by atoms with E-state index in [1.807, 2.05) is 31.3 Å². The molecule has 0 radical (unpaired) electrons. The van der Waals surface area contributed by atoms with E-state index in [1.54, 1.807) is 4.52 Å². The molecule has 5 rings (SSSR count). The van der Waals surface area contributed by atoms with Gasteiger partial charge in [-0.3, -0.25) is 4.79 Å². The Labute approximate surface area is 168 Å². The highest BCUT2D eigenvalue weighted by molar-refractivity contribution is 5.93. The standard InChI is InChI=1S/C21H25N5O3/c1-12-18(20(25-29-12)28-10-16-21(2,3)11-22-16)14-6-7-26-15(8-14)9-17(24-26)23-19(27)13-4-5-13/h6-9,13,16,22H,4-5,10-11H2,1-3H3,(H,23,24,27)/t16-/m1/s1. The van der Waals surface area contributed by atoms with E-state index in [-0.39, 0.29) is 17.2 Å². The van der Waals surface area contributed by atoms with Gasteiger partial charge in [0.15, 0.2) is 5.82 Å². The zero-order valence-corrected chi connectivity index (χ0v) is 16.9. The van der Waals surface area contributed by atoms with E-state index in [2.05, 4.69) is 34.7 Å². The zero-order valence-electron chi connectivity index (χ0n) is 16.9. The first-order valence-corrected chi connectivity index (χ1v) is 10.0. The lowest BCUT2D eigenvalue weighted by atomic mass is 9.78. The topological polar surface area (TPSA) is 93.7 Å². The number of hydrogen-bond acceptors (Lipinski definition) is 6. The van der Waals surface area contributed by atoms with Gasteiger partial charge >= 0.3 is 0 Å². The van der Waals surface area contributed by atoms with E-state index >= 15 is 0 Å². The second kappa shape index (κ2) is 6.59. The molecule has 0 unspecified atom stereocenters. The molecule has 0 aromatic carbocycles. The summed E-state index contributed by atoms with van der Waals surface area (Å²) < 4.78 is 13.2. The lowest BCUT2D eigenvalue weighted by molar-refractivity contribution is -0.117. The van der Waals surface area contributed by atoms with Gasteiger partial charge in [0.1, 0.15) is 12.4 Å². The normalized spacial score (nSPS) is 20.4. The SMILES string of the molecule is Cc1onc(OC[C@H]2NCC2(C)C)c1-c1ccn2nc(NC(=O)C3CC3)cc2c1. The molecule has 2 aliphatic rings. The summed E-state index contributed by atoms with van der Waals surface area (Å²) in [5, 5.41) is 14.8. The molecule has 3 aromatic rings. The van der Waals surface area contributed by atoms with Gasteiger partial charge in [0.25, 0.3) is 5.88 Å². The van der Waals surface area contributed by atoms with Gasteiger partial charge in [-0.15, -0.1) is 0 Å². The largest absolute Gasteiger partial charge is 0.473 e. The summed E-state index contributed by atoms with van der Waals surface area (Å²) >= 11 is 0. The van der Waals surface area contributed by atoms with E-state index in [9.17, 15) is 4.79 Å². The number of carbonyl (C=O) groups excluding carboxylic acids is 1. The van der Waals surface area contributed by atoms with Crippen molar-refractivity contribution in [2.45, 2.75) is 39.7 Å². The lowest BCUT2D eigenvalue weighted by Gasteiger charge is -2.45. The third-order valence-electron chi connectivity index (χ3n) is 5.92. The summed E-state index contributed by atoms with van der Waals surface area (Å²) in [5.41, 5.74) is 2.87. The molecule has 1 amide bonds. The van der Waals surface area contributed by atoms with E-state index in [1.165, 1.54) is 0 Å². The molecule has 0 spiro atoms. The van der Waals surface area contributed by atoms with Gasteiger partial charge in [-0.05, 0) is 48.0 Å². The minimum Gasteiger partial charge on any atom is -0.473 e. The van der Waals surface area contributed by atoms with Gasteiger partial charge in [-0.25, -0.2) is 4.52 Å². The maximum Gasteiger partial charge on any atom is 0.262 e. The Hall–Kier alpha value is -2.87. The molecule has 8 heteroatoms. The number of hydrogen-bond donors (Lipinski definition) is 2. The van der Waals surface area contributed by atoms with Gasteiger partial charge in [-0.2, -0.15) is 5.10 Å². The van der Waals surface area contributed by atoms with Gasteiger partial charge < -0.3 is 19.9 Å². The first-order valence-electron chi connectivity index (χ1n) is 10.0. The van der Waals surface area contributed by atoms with Crippen LogP contribution in [0.2, 0.25) is 0 Å². The summed E-state index contributed by atoms with van der Waals surface area (Å²) in [5.74, 6) is 1.96. The fourth-order valence-corrected chi connectivity index (χ4v) is 3.66. The van der Waals surface area contributed by atoms with Crippen molar-refractivity contribution in [2.75, 3.05) is 18.5 Å². The maximum atomic E-state index is 12.0. The molecule has 29 heavy (non-hydrogen) atoms. The molecule has 1 aliphatic carbocycles. The van der Waals surface area contributed by atoms with Crippen molar-refractivity contribution < 1.29 is 14.1 Å². The smallest absolute Gasteiger partial charge is 0.262 e. The molecular formula is C21H25N5O3. The van der Waals surface area contributed by atoms with Crippen molar-refractivity contribution in [3.8, 4) is 17.0 Å². The number of aromatic nitrogens is 3. The lowest BCUT2D eigenvalue weighted by Crippen LogP contribution is -2.61. The van der Waals surface area contributed by atoms with Crippen molar-refractivity contribution in [2.24, 2.45) is 11.3 Å². The second-order valence-corrected chi connectivity index (χ2v) is 8.73. The third kappa shape index (κ3) is 3.37. The Morgan fingerprint density at radius 2 is 2.24 bits per heavy atom. The Kier molecular flexibility index (Phi) is 4.13. The number of nitrogens with one attached hydrogen (secondary N) is 2. The number of amides is 1. The molecule has 4 heterocycles. The van der Waals surface area contributed by atoms with Crippen molar-refractivity contribution in [1.29, 1.82) is 0 Å². The Morgan fingerprint density at radius 3 is 2.93 bits per heavy atom. The van der Waals surface area contributed by atoms with Crippen LogP contribution in [0.25, 0.3) is 16.6 Å². The molecule has 1 saturated carbocycles. The van der Waals surface area contributed by atoms with E-state index < -0.39 is 0 Å². The predicted molar refractivity (Wildman–Crippen MR) is 108 cm³/mol. The second-order valence-electron chi connectivity index (χ2n) is 8.73. The van der Waals surface area contributed by atoms with E-state index in [0.29, 0.717) is 30.1 Å². The average molecular weight is 395 g/mol. The van der Waals surface area contributed by atoms with Crippen molar-refractivity contribution in [3.05, 3.63) is 30.2 Å². The van der Waals surface area contributed by atoms with Crippen molar-refractivity contribution in [3.63, 3.8) is 0 Å². The summed E-state index contributed by atoms with van der Waals surface area (Å²) in [6.07, 6.45) is 3.79. The number of rotatable bonds is 6. The number of nitrogens with zero attached hydrogens (tertiary/aromatic N) is 3. The van der Waals surface area contributed by atoms with E-state index in [0.717, 1.165) is 36.0 Å². The fraction of sp³-hybridized carbons (Fsp3) is 0.476. The molecule has 152 valence electrons. The van der Waals surface area contributed by atoms with Gasteiger partial charge in [0, 0.05) is 30.8 Å². The number of aryl methyl sites for hydroxylation is 1. The van der Waals surface area contributed by atoms with Crippen LogP contribution in [-0.4, -0.2) is 39.9 Å². The Balaban J connectivity index is 1.38. The van der Waals surface area contributed by atoms with Crippen LogP contribution in [-0.2, 0) is 4.79 Å². The first kappa shape index (κ1) is 18.2. The molecule has 8 nitrogen and oxygen atoms in total. The highest BCUT2D eigenvalue weighted by Gasteiger charge is 2.38. The van der Waals surface area contributed by atoms with Crippen LogP contribution >= 0.6 is 0 Å². The molecule has 2 fully saturated rings. The summed E-state index contributed by atoms with van der Waals surface area (Å²) in [4.78, 5) is 12.0. The summed E-state index contributed by atoms with van der Waals surface area (Å²) in [6, 6.07) is 6.11. The van der Waals surface area contributed by atoms with Crippen LogP contribution in [0.5, 0.6) is 5.88 Å². The number of fused-ring (bicyclic) bond motifs is 1. The monoisotopic (exact) mass is 395 g/mol. The van der Waals surface area contributed by atoms with E-state index in [4.69, 9.17) is 9.26 Å². The molecule has 3 aromatic heterocycles. The van der Waals surface area contributed by atoms with Gasteiger partial charge in [0.05, 0.1) is 11.1 Å². The zero-order chi connectivity index (χ0) is 20.2. The van der Waals surface area contributed by atoms with Gasteiger partial charge in [0.2, 0.25) is 5.91 Å². The van der Waals surface area contributed by atoms with Gasteiger partial charge in [-0.1, -0.05) is 13.8 Å². The minimum absolute atomic E-state index is 0.0479. The maximum absolute atomic E-state index is 12.0. The molecule has 0 bridgehead atoms. The summed E-state index contributed by atoms with van der Waals surface area (Å²) in [6.45, 7) is 7.85. The van der Waals surface area contributed by atoms with Crippen LogP contribution in [0.4, 0.5) is 5.82 Å². The molecule has 1 atom stereocenters. The highest BCUT2D eigenvalue weighted by Crippen LogP contribution is 2.35. The fourth-order valence-electron chi connectivity index (χ4n) is 3.66. The number of anilines is 1. The number of ether oxygens (including phenoxy) is 1. The number of carbonyl (C=O) groups is 1. The molecule has 1 saturated heterocycles. The van der Waals surface area contributed by atoms with Crippen LogP contribution < -0.4 is 15.4 Å². The van der Waals surface area contributed by atoms with Crippen LogP contribution in [0.1, 0.15) is 32.4 Å². The minimum atomic E-state index is 0.0479. The Bertz CT molecular complexity index is 1080. The average Bonchev–Trinajstić information content (AvgIpc) is 3.36. The molecule has 1 aliphatic heterocycles. The quantitative estimate of drug-likeness (QED) is 0.666. The van der Waals surface area contributed by atoms with Crippen molar-refractivity contribution in [1.82, 2.24) is 20.1 Å². The first-order chi connectivity index (χ1) is 13.9. The highest BCUT2D eigenvalue weighted by atomic mass is 16.5. The predicted octanol–water partition coefficient (Wildman–Crippen LogP) is 3.02.